The van der Waals surface area contributed by atoms with E-state index in [9.17, 15) is 14.3 Å². The Balaban J connectivity index is 1.10. The van der Waals surface area contributed by atoms with E-state index in [1.807, 2.05) is 6.07 Å². The third-order valence-electron chi connectivity index (χ3n) is 7.50. The summed E-state index contributed by atoms with van der Waals surface area (Å²) in [6, 6.07) is 12.6. The quantitative estimate of drug-likeness (QED) is 0.308. The van der Waals surface area contributed by atoms with E-state index in [1.54, 1.807) is 30.5 Å². The molecule has 2 aliphatic heterocycles. The molecule has 0 aliphatic carbocycles. The number of nitriles is 1. The lowest BCUT2D eigenvalue weighted by Gasteiger charge is -2.45. The number of rotatable bonds is 10. The van der Waals surface area contributed by atoms with Gasteiger partial charge < -0.3 is 23.9 Å². The largest absolute Gasteiger partial charge is 0.483 e. The van der Waals surface area contributed by atoms with E-state index in [1.165, 1.54) is 12.1 Å². The van der Waals surface area contributed by atoms with Crippen LogP contribution < -0.4 is 9.47 Å². The van der Waals surface area contributed by atoms with E-state index in [0.29, 0.717) is 31.3 Å². The van der Waals surface area contributed by atoms with Gasteiger partial charge in [-0.2, -0.15) is 10.2 Å². The minimum Gasteiger partial charge on any atom is -0.483 e. The van der Waals surface area contributed by atoms with Crippen LogP contribution in [0.2, 0.25) is 0 Å². The van der Waals surface area contributed by atoms with Gasteiger partial charge >= 0.3 is 5.97 Å². The van der Waals surface area contributed by atoms with Gasteiger partial charge in [-0.25, -0.2) is 19.2 Å². The summed E-state index contributed by atoms with van der Waals surface area (Å²) in [6.07, 6.45) is 2.50. The molecular formula is C29H27FN6O5. The number of nitrogens with zero attached hydrogens (tertiary/aromatic N) is 6. The molecule has 0 amide bonds. The van der Waals surface area contributed by atoms with Gasteiger partial charge in [0.05, 0.1) is 47.4 Å². The first-order chi connectivity index (χ1) is 19.9. The normalized spacial score (nSPS) is 20.2. The van der Waals surface area contributed by atoms with Crippen molar-refractivity contribution in [2.24, 2.45) is 0 Å². The molecule has 41 heavy (non-hydrogen) atoms. The van der Waals surface area contributed by atoms with Crippen LogP contribution in [0.25, 0.3) is 11.0 Å². The maximum atomic E-state index is 14.1. The lowest BCUT2D eigenvalue weighted by Crippen LogP contribution is -2.60. The molecule has 12 heteroatoms. The van der Waals surface area contributed by atoms with E-state index in [0.717, 1.165) is 36.0 Å². The maximum Gasteiger partial charge on any atom is 0.335 e. The maximum absolute atomic E-state index is 14.1. The SMILES string of the molecule is C[C@H]1[C@@H](Oc2ccnc(COc3ccc(C#N)cc3F)n2)CN1Cc1nc2ccc(C(=O)O)cc2n1C[C@@H]1CCO1. The first kappa shape index (κ1) is 26.6. The number of ether oxygens (including phenoxy) is 3. The zero-order valence-electron chi connectivity index (χ0n) is 22.2. The minimum absolute atomic E-state index is 0.0104. The second kappa shape index (κ2) is 11.1. The number of halogens is 1. The number of benzene rings is 2. The minimum atomic E-state index is -0.974. The van der Waals surface area contributed by atoms with Crippen LogP contribution in [-0.4, -0.2) is 66.9 Å². The third-order valence-corrected chi connectivity index (χ3v) is 7.50. The summed E-state index contributed by atoms with van der Waals surface area (Å²) in [7, 11) is 0. The first-order valence-corrected chi connectivity index (χ1v) is 13.3. The molecule has 0 unspecified atom stereocenters. The van der Waals surface area contributed by atoms with Crippen LogP contribution in [0.5, 0.6) is 11.6 Å². The number of carboxylic acid groups (broad SMARTS) is 1. The van der Waals surface area contributed by atoms with Crippen molar-refractivity contribution < 1.29 is 28.5 Å². The first-order valence-electron chi connectivity index (χ1n) is 13.3. The van der Waals surface area contributed by atoms with E-state index in [-0.39, 0.29) is 41.7 Å². The molecule has 11 nitrogen and oxygen atoms in total. The van der Waals surface area contributed by atoms with Crippen LogP contribution in [0.3, 0.4) is 0 Å². The Bertz CT molecular complexity index is 1650. The summed E-state index contributed by atoms with van der Waals surface area (Å²) in [5, 5.41) is 18.4. The van der Waals surface area contributed by atoms with Gasteiger partial charge in [0.25, 0.3) is 0 Å². The molecule has 4 heterocycles. The number of aromatic nitrogens is 4. The van der Waals surface area contributed by atoms with Gasteiger partial charge in [-0.1, -0.05) is 0 Å². The Kier molecular flexibility index (Phi) is 7.21. The number of hydrogen-bond donors (Lipinski definition) is 1. The van der Waals surface area contributed by atoms with Crippen LogP contribution >= 0.6 is 0 Å². The molecular weight excluding hydrogens is 531 g/mol. The van der Waals surface area contributed by atoms with E-state index in [4.69, 9.17) is 24.5 Å². The predicted octanol–water partition coefficient (Wildman–Crippen LogP) is 3.55. The summed E-state index contributed by atoms with van der Waals surface area (Å²) >= 11 is 0. The lowest BCUT2D eigenvalue weighted by atomic mass is 10.0. The number of carbonyl (C=O) groups is 1. The second-order valence-electron chi connectivity index (χ2n) is 10.1. The van der Waals surface area contributed by atoms with E-state index < -0.39 is 11.8 Å². The van der Waals surface area contributed by atoms with Crippen molar-refractivity contribution in [3.8, 4) is 17.7 Å². The van der Waals surface area contributed by atoms with E-state index >= 15 is 0 Å². The highest BCUT2D eigenvalue weighted by molar-refractivity contribution is 5.92. The Morgan fingerprint density at radius 1 is 1.24 bits per heavy atom. The Morgan fingerprint density at radius 3 is 2.80 bits per heavy atom. The Labute approximate surface area is 234 Å². The number of hydrogen-bond acceptors (Lipinski definition) is 9. The van der Waals surface area contributed by atoms with E-state index in [2.05, 4.69) is 26.4 Å². The number of aromatic carboxylic acids is 1. The lowest BCUT2D eigenvalue weighted by molar-refractivity contribution is -0.0616. The molecule has 2 aromatic carbocycles. The zero-order chi connectivity index (χ0) is 28.5. The van der Waals surface area contributed by atoms with Gasteiger partial charge in [-0.15, -0.1) is 0 Å². The van der Waals surface area contributed by atoms with Gasteiger partial charge in [0.15, 0.2) is 17.4 Å². The van der Waals surface area contributed by atoms with Crippen molar-refractivity contribution in [1.82, 2.24) is 24.4 Å². The van der Waals surface area contributed by atoms with Crippen molar-refractivity contribution >= 4 is 17.0 Å². The summed E-state index contributed by atoms with van der Waals surface area (Å²) in [5.41, 5.74) is 1.97. The van der Waals surface area contributed by atoms with Gasteiger partial charge in [-0.05, 0) is 49.7 Å². The molecule has 1 N–H and O–H groups in total. The van der Waals surface area contributed by atoms with Gasteiger partial charge in [0.1, 0.15) is 18.5 Å². The van der Waals surface area contributed by atoms with Crippen LogP contribution in [0.15, 0.2) is 48.7 Å². The van der Waals surface area contributed by atoms with Crippen molar-refractivity contribution in [3.05, 3.63) is 77.3 Å². The van der Waals surface area contributed by atoms with Crippen LogP contribution in [-0.2, 0) is 24.4 Å². The topological polar surface area (TPSA) is 136 Å². The highest BCUT2D eigenvalue weighted by atomic mass is 19.1. The van der Waals surface area contributed by atoms with Gasteiger partial charge in [0.2, 0.25) is 5.88 Å². The average molecular weight is 559 g/mol. The summed E-state index contributed by atoms with van der Waals surface area (Å²) in [6.45, 7) is 4.59. The standard InChI is InChI=1S/C29H27FN6O5/c1-17-25(41-28-6-8-32-26(34-28)16-40-24-5-2-18(12-31)10-21(24)30)14-35(17)15-27-33-22-4-3-19(29(37)38)11-23(22)36(27)13-20-7-9-39-20/h2-6,8,10-11,17,20,25H,7,9,13-16H2,1H3,(H,37,38)/t17-,20-,25-/m0/s1. The molecule has 2 aromatic heterocycles. The summed E-state index contributed by atoms with van der Waals surface area (Å²) in [4.78, 5) is 27.2. The predicted molar refractivity (Wildman–Crippen MR) is 143 cm³/mol. The molecule has 2 aliphatic rings. The molecule has 6 rings (SSSR count). The summed E-state index contributed by atoms with van der Waals surface area (Å²) in [5.74, 6) is -0.0148. The number of imidazole rings is 1. The van der Waals surface area contributed by atoms with Crippen molar-refractivity contribution in [3.63, 3.8) is 0 Å². The molecule has 4 aromatic rings. The van der Waals surface area contributed by atoms with Crippen LogP contribution in [0.1, 0.15) is 40.9 Å². The third kappa shape index (κ3) is 5.54. The molecule has 2 fully saturated rings. The smallest absolute Gasteiger partial charge is 0.335 e. The molecule has 3 atom stereocenters. The Morgan fingerprint density at radius 2 is 2.10 bits per heavy atom. The fourth-order valence-corrected chi connectivity index (χ4v) is 4.94. The van der Waals surface area contributed by atoms with Gasteiger partial charge in [-0.3, -0.25) is 4.90 Å². The fraction of sp³-hybridized carbons (Fsp3) is 0.345. The number of likely N-dealkylation sites (tertiary alicyclic amines) is 1. The van der Waals surface area contributed by atoms with Crippen LogP contribution in [0, 0.1) is 17.1 Å². The molecule has 0 spiro atoms. The zero-order valence-corrected chi connectivity index (χ0v) is 22.2. The molecule has 0 bridgehead atoms. The average Bonchev–Trinajstić information content (AvgIpc) is 3.29. The van der Waals surface area contributed by atoms with Crippen LogP contribution in [0.4, 0.5) is 4.39 Å². The highest BCUT2D eigenvalue weighted by Gasteiger charge is 2.38. The fourth-order valence-electron chi connectivity index (χ4n) is 4.94. The van der Waals surface area contributed by atoms with Crippen molar-refractivity contribution in [1.29, 1.82) is 5.26 Å². The molecule has 0 radical (unpaired) electrons. The molecule has 2 saturated heterocycles. The monoisotopic (exact) mass is 558 g/mol. The highest BCUT2D eigenvalue weighted by Crippen LogP contribution is 2.28. The van der Waals surface area contributed by atoms with Gasteiger partial charge in [0, 0.05) is 31.5 Å². The number of fused-ring (bicyclic) bond motifs is 1. The second-order valence-corrected chi connectivity index (χ2v) is 10.1. The summed E-state index contributed by atoms with van der Waals surface area (Å²) < 4.78 is 33.5. The molecule has 210 valence electrons. The molecule has 0 saturated carbocycles. The van der Waals surface area contributed by atoms with Crippen molar-refractivity contribution in [2.45, 2.75) is 51.3 Å². The Hall–Kier alpha value is -4.60. The van der Waals surface area contributed by atoms with Crippen molar-refractivity contribution in [2.75, 3.05) is 13.2 Å². The number of carboxylic acids is 1.